The fraction of sp³-hybridized carbons (Fsp3) is 0.278. The third-order valence-corrected chi connectivity index (χ3v) is 3.58. The summed E-state index contributed by atoms with van der Waals surface area (Å²) in [5, 5.41) is 18.2. The quantitative estimate of drug-likeness (QED) is 0.945. The van der Waals surface area contributed by atoms with Gasteiger partial charge in [-0.2, -0.15) is 5.26 Å². The Bertz CT molecular complexity index is 852. The Labute approximate surface area is 134 Å². The minimum absolute atomic E-state index is 0.0763. The van der Waals surface area contributed by atoms with Crippen molar-refractivity contribution in [2.75, 3.05) is 0 Å². The maximum Gasteiger partial charge on any atom is 0.335 e. The summed E-state index contributed by atoms with van der Waals surface area (Å²) in [4.78, 5) is 23.6. The molecule has 2 aromatic rings. The van der Waals surface area contributed by atoms with Crippen molar-refractivity contribution in [2.24, 2.45) is 0 Å². The van der Waals surface area contributed by atoms with E-state index in [1.54, 1.807) is 28.8 Å². The van der Waals surface area contributed by atoms with Gasteiger partial charge in [0.05, 0.1) is 12.1 Å². The van der Waals surface area contributed by atoms with E-state index in [1.807, 2.05) is 26.8 Å². The van der Waals surface area contributed by atoms with Gasteiger partial charge in [0.15, 0.2) is 0 Å². The van der Waals surface area contributed by atoms with Crippen LogP contribution in [-0.4, -0.2) is 15.6 Å². The molecule has 5 nitrogen and oxygen atoms in total. The Kier molecular flexibility index (Phi) is 4.37. The second-order valence-electron chi connectivity index (χ2n) is 6.39. The lowest BCUT2D eigenvalue weighted by molar-refractivity contribution is 0.0696. The summed E-state index contributed by atoms with van der Waals surface area (Å²) in [5.74, 6) is -1.01. The molecule has 0 aliphatic rings. The molecule has 1 aromatic carbocycles. The van der Waals surface area contributed by atoms with E-state index in [-0.39, 0.29) is 28.6 Å². The first-order valence-corrected chi connectivity index (χ1v) is 7.20. The van der Waals surface area contributed by atoms with Gasteiger partial charge in [0.25, 0.3) is 5.56 Å². The van der Waals surface area contributed by atoms with E-state index in [1.165, 1.54) is 12.1 Å². The fourth-order valence-electron chi connectivity index (χ4n) is 2.46. The molecular weight excluding hydrogens is 292 g/mol. The molecule has 0 unspecified atom stereocenters. The first-order chi connectivity index (χ1) is 10.7. The van der Waals surface area contributed by atoms with E-state index in [0.717, 1.165) is 5.69 Å². The summed E-state index contributed by atoms with van der Waals surface area (Å²) in [6.45, 7) is 6.18. The van der Waals surface area contributed by atoms with Crippen LogP contribution in [0.15, 0.2) is 41.2 Å². The number of carboxylic acids is 1. The van der Waals surface area contributed by atoms with Gasteiger partial charge in [-0.1, -0.05) is 32.9 Å². The summed E-state index contributed by atoms with van der Waals surface area (Å²) in [6.07, 6.45) is 0. The number of benzene rings is 1. The predicted octanol–water partition coefficient (Wildman–Crippen LogP) is 2.76. The lowest BCUT2D eigenvalue weighted by atomic mass is 9.90. The van der Waals surface area contributed by atoms with Crippen LogP contribution < -0.4 is 5.56 Å². The van der Waals surface area contributed by atoms with Crippen molar-refractivity contribution >= 4 is 5.97 Å². The molecule has 0 radical (unpaired) electrons. The third-order valence-electron chi connectivity index (χ3n) is 3.58. The van der Waals surface area contributed by atoms with Gasteiger partial charge < -0.3 is 9.67 Å². The Morgan fingerprint density at radius 1 is 1.26 bits per heavy atom. The zero-order valence-corrected chi connectivity index (χ0v) is 13.3. The molecular formula is C18H18N2O3. The largest absolute Gasteiger partial charge is 0.478 e. The molecule has 1 heterocycles. The van der Waals surface area contributed by atoms with E-state index in [4.69, 9.17) is 10.4 Å². The van der Waals surface area contributed by atoms with Gasteiger partial charge in [-0.25, -0.2) is 4.79 Å². The van der Waals surface area contributed by atoms with Crippen LogP contribution in [0.25, 0.3) is 0 Å². The van der Waals surface area contributed by atoms with Gasteiger partial charge in [-0.05, 0) is 29.8 Å². The molecule has 118 valence electrons. The second kappa shape index (κ2) is 6.09. The van der Waals surface area contributed by atoms with Gasteiger partial charge in [0, 0.05) is 11.1 Å². The van der Waals surface area contributed by atoms with Crippen molar-refractivity contribution < 1.29 is 9.90 Å². The van der Waals surface area contributed by atoms with Crippen molar-refractivity contribution in [2.45, 2.75) is 32.7 Å². The zero-order chi connectivity index (χ0) is 17.2. The number of rotatable bonds is 3. The number of carboxylic acid groups (broad SMARTS) is 1. The van der Waals surface area contributed by atoms with Gasteiger partial charge in [-0.3, -0.25) is 4.79 Å². The summed E-state index contributed by atoms with van der Waals surface area (Å²) in [7, 11) is 0. The molecule has 2 rings (SSSR count). The number of aromatic nitrogens is 1. The molecule has 0 fully saturated rings. The van der Waals surface area contributed by atoms with E-state index in [0.29, 0.717) is 5.56 Å². The third kappa shape index (κ3) is 3.49. The van der Waals surface area contributed by atoms with E-state index >= 15 is 0 Å². The van der Waals surface area contributed by atoms with Crippen LogP contribution in [0, 0.1) is 11.3 Å². The molecule has 0 spiro atoms. The Morgan fingerprint density at radius 3 is 2.52 bits per heavy atom. The second-order valence-corrected chi connectivity index (χ2v) is 6.39. The number of carbonyl (C=O) groups is 1. The lowest BCUT2D eigenvalue weighted by Crippen LogP contribution is -2.31. The van der Waals surface area contributed by atoms with Crippen LogP contribution in [0.1, 0.15) is 48.0 Å². The minimum atomic E-state index is -1.01. The highest BCUT2D eigenvalue weighted by molar-refractivity contribution is 5.87. The van der Waals surface area contributed by atoms with Crippen molar-refractivity contribution in [3.8, 4) is 6.07 Å². The Balaban J connectivity index is 2.59. The summed E-state index contributed by atoms with van der Waals surface area (Å²) in [5.41, 5.74) is 1.10. The van der Waals surface area contributed by atoms with Crippen molar-refractivity contribution in [1.82, 2.24) is 4.57 Å². The maximum absolute atomic E-state index is 12.5. The molecule has 23 heavy (non-hydrogen) atoms. The van der Waals surface area contributed by atoms with Crippen LogP contribution >= 0.6 is 0 Å². The molecule has 1 N–H and O–H groups in total. The molecule has 0 bridgehead atoms. The minimum Gasteiger partial charge on any atom is -0.478 e. The number of hydrogen-bond acceptors (Lipinski definition) is 3. The fourth-order valence-corrected chi connectivity index (χ4v) is 2.46. The average molecular weight is 310 g/mol. The monoisotopic (exact) mass is 310 g/mol. The number of nitriles is 1. The molecule has 0 amide bonds. The molecule has 1 aromatic heterocycles. The van der Waals surface area contributed by atoms with Crippen LogP contribution in [0.3, 0.4) is 0 Å². The molecule has 0 saturated carbocycles. The standard InChI is InChI=1S/C18H18N2O3/c1-18(2,3)15-8-7-14(10-19)16(21)20(15)11-12-5-4-6-13(9-12)17(22)23/h4-9H,11H2,1-3H3,(H,22,23). The highest BCUT2D eigenvalue weighted by Gasteiger charge is 2.20. The highest BCUT2D eigenvalue weighted by atomic mass is 16.4. The number of hydrogen-bond donors (Lipinski definition) is 1. The van der Waals surface area contributed by atoms with Gasteiger partial charge in [0.1, 0.15) is 11.6 Å². The lowest BCUT2D eigenvalue weighted by Gasteiger charge is -2.24. The van der Waals surface area contributed by atoms with Gasteiger partial charge >= 0.3 is 5.97 Å². The van der Waals surface area contributed by atoms with Gasteiger partial charge in [0.2, 0.25) is 0 Å². The number of aromatic carboxylic acids is 1. The molecule has 5 heteroatoms. The van der Waals surface area contributed by atoms with Crippen molar-refractivity contribution in [1.29, 1.82) is 5.26 Å². The highest BCUT2D eigenvalue weighted by Crippen LogP contribution is 2.22. The van der Waals surface area contributed by atoms with E-state index in [2.05, 4.69) is 0 Å². The molecule has 0 atom stereocenters. The van der Waals surface area contributed by atoms with Crippen molar-refractivity contribution in [3.05, 3.63) is 69.1 Å². The predicted molar refractivity (Wildman–Crippen MR) is 86.6 cm³/mol. The van der Waals surface area contributed by atoms with Crippen molar-refractivity contribution in [3.63, 3.8) is 0 Å². The maximum atomic E-state index is 12.5. The molecule has 0 saturated heterocycles. The Hall–Kier alpha value is -2.87. The SMILES string of the molecule is CC(C)(C)c1ccc(C#N)c(=O)n1Cc1cccc(C(=O)O)c1. The van der Waals surface area contributed by atoms with Crippen LogP contribution in [0.5, 0.6) is 0 Å². The average Bonchev–Trinajstić information content (AvgIpc) is 2.48. The smallest absolute Gasteiger partial charge is 0.335 e. The van der Waals surface area contributed by atoms with Crippen LogP contribution in [0.4, 0.5) is 0 Å². The first kappa shape index (κ1) is 16.5. The number of nitrogens with zero attached hydrogens (tertiary/aromatic N) is 2. The van der Waals surface area contributed by atoms with E-state index in [9.17, 15) is 9.59 Å². The number of pyridine rings is 1. The van der Waals surface area contributed by atoms with Crippen LogP contribution in [-0.2, 0) is 12.0 Å². The molecule has 0 aliphatic heterocycles. The van der Waals surface area contributed by atoms with E-state index < -0.39 is 5.97 Å². The summed E-state index contributed by atoms with van der Waals surface area (Å²) < 4.78 is 1.54. The normalized spacial score (nSPS) is 11.0. The van der Waals surface area contributed by atoms with Gasteiger partial charge in [-0.15, -0.1) is 0 Å². The zero-order valence-electron chi connectivity index (χ0n) is 13.3. The topological polar surface area (TPSA) is 83.1 Å². The first-order valence-electron chi connectivity index (χ1n) is 7.20. The summed E-state index contributed by atoms with van der Waals surface area (Å²) in [6, 6.07) is 11.7. The molecule has 0 aliphatic carbocycles. The summed E-state index contributed by atoms with van der Waals surface area (Å²) >= 11 is 0. The Morgan fingerprint density at radius 2 is 1.96 bits per heavy atom. The van der Waals surface area contributed by atoms with Crippen LogP contribution in [0.2, 0.25) is 0 Å².